The number of hydrogen-bond acceptors (Lipinski definition) is 3. The van der Waals surface area contributed by atoms with Gasteiger partial charge >= 0.3 is 5.97 Å². The van der Waals surface area contributed by atoms with E-state index < -0.39 is 11.9 Å². The molecule has 22 heavy (non-hydrogen) atoms. The van der Waals surface area contributed by atoms with Gasteiger partial charge in [0.1, 0.15) is 0 Å². The maximum Gasteiger partial charge on any atom is 0.308 e. The number of carboxylic acid groups (broad SMARTS) is 1. The normalized spacial score (nSPS) is 11.8. The largest absolute Gasteiger partial charge is 0.481 e. The summed E-state index contributed by atoms with van der Waals surface area (Å²) in [4.78, 5) is 36.1. The minimum Gasteiger partial charge on any atom is -0.481 e. The van der Waals surface area contributed by atoms with E-state index in [0.29, 0.717) is 5.56 Å². The van der Waals surface area contributed by atoms with Gasteiger partial charge in [-0.2, -0.15) is 0 Å². The lowest BCUT2D eigenvalue weighted by atomic mass is 10.0. The van der Waals surface area contributed by atoms with Gasteiger partial charge in [-0.15, -0.1) is 0 Å². The standard InChI is InChI=1S/C17H23NO4/c1-4-13-5-7-14(8-6-13)15(19)9-10-16(20)18(3)11-12(2)17(21)22/h5-8,12H,4,9-11H2,1-3H3,(H,21,22). The van der Waals surface area contributed by atoms with Crippen molar-refractivity contribution in [1.29, 1.82) is 0 Å². The van der Waals surface area contributed by atoms with E-state index >= 15 is 0 Å². The maximum atomic E-state index is 12.0. The Morgan fingerprint density at radius 2 is 1.73 bits per heavy atom. The minimum absolute atomic E-state index is 0.0734. The van der Waals surface area contributed by atoms with E-state index in [4.69, 9.17) is 5.11 Å². The Bertz CT molecular complexity index is 536. The first-order chi connectivity index (χ1) is 10.3. The zero-order chi connectivity index (χ0) is 16.7. The predicted molar refractivity (Wildman–Crippen MR) is 83.8 cm³/mol. The molecule has 0 saturated heterocycles. The monoisotopic (exact) mass is 305 g/mol. The summed E-state index contributed by atoms with van der Waals surface area (Å²) in [6.45, 7) is 3.74. The highest BCUT2D eigenvalue weighted by Crippen LogP contribution is 2.10. The highest BCUT2D eigenvalue weighted by molar-refractivity contribution is 5.98. The molecule has 5 heteroatoms. The summed E-state index contributed by atoms with van der Waals surface area (Å²) in [5.41, 5.74) is 1.77. The van der Waals surface area contributed by atoms with Crippen LogP contribution < -0.4 is 0 Å². The van der Waals surface area contributed by atoms with Crippen molar-refractivity contribution in [2.24, 2.45) is 5.92 Å². The van der Waals surface area contributed by atoms with Gasteiger partial charge in [0.2, 0.25) is 5.91 Å². The Morgan fingerprint density at radius 3 is 2.23 bits per heavy atom. The van der Waals surface area contributed by atoms with Crippen LogP contribution in [0.1, 0.15) is 42.6 Å². The van der Waals surface area contributed by atoms with Gasteiger partial charge in [0.25, 0.3) is 0 Å². The van der Waals surface area contributed by atoms with Crippen molar-refractivity contribution in [3.05, 3.63) is 35.4 Å². The van der Waals surface area contributed by atoms with Gasteiger partial charge in [0.15, 0.2) is 5.78 Å². The van der Waals surface area contributed by atoms with Crippen LogP contribution in [0.15, 0.2) is 24.3 Å². The van der Waals surface area contributed by atoms with Crippen molar-refractivity contribution in [2.45, 2.75) is 33.1 Å². The van der Waals surface area contributed by atoms with Gasteiger partial charge in [0.05, 0.1) is 5.92 Å². The predicted octanol–water partition coefficient (Wildman–Crippen LogP) is 2.39. The Kier molecular flexibility index (Phi) is 6.76. The van der Waals surface area contributed by atoms with Gasteiger partial charge in [-0.3, -0.25) is 14.4 Å². The number of rotatable bonds is 8. The summed E-state index contributed by atoms with van der Waals surface area (Å²) in [5, 5.41) is 8.83. The van der Waals surface area contributed by atoms with Gasteiger partial charge < -0.3 is 10.0 Å². The molecule has 1 aromatic rings. The Labute approximate surface area is 130 Å². The van der Waals surface area contributed by atoms with E-state index in [1.165, 1.54) is 4.90 Å². The molecule has 1 aromatic carbocycles. The molecule has 0 aliphatic heterocycles. The first-order valence-electron chi connectivity index (χ1n) is 7.44. The summed E-state index contributed by atoms with van der Waals surface area (Å²) in [6, 6.07) is 7.38. The van der Waals surface area contributed by atoms with Crippen molar-refractivity contribution in [3.8, 4) is 0 Å². The van der Waals surface area contributed by atoms with Crippen molar-refractivity contribution in [2.75, 3.05) is 13.6 Å². The van der Waals surface area contributed by atoms with E-state index in [1.807, 2.05) is 19.1 Å². The van der Waals surface area contributed by atoms with E-state index in [9.17, 15) is 14.4 Å². The van der Waals surface area contributed by atoms with Gasteiger partial charge in [-0.1, -0.05) is 38.1 Å². The lowest BCUT2D eigenvalue weighted by molar-refractivity contribution is -0.142. The second-order valence-corrected chi connectivity index (χ2v) is 5.49. The van der Waals surface area contributed by atoms with Crippen LogP contribution in [-0.4, -0.2) is 41.3 Å². The second kappa shape index (κ2) is 8.32. The lowest BCUT2D eigenvalue weighted by Gasteiger charge is -2.19. The number of nitrogens with zero attached hydrogens (tertiary/aromatic N) is 1. The zero-order valence-electron chi connectivity index (χ0n) is 13.3. The summed E-state index contributed by atoms with van der Waals surface area (Å²) >= 11 is 0. The summed E-state index contributed by atoms with van der Waals surface area (Å²) in [5.74, 6) is -1.85. The minimum atomic E-state index is -0.938. The number of benzene rings is 1. The smallest absolute Gasteiger partial charge is 0.308 e. The number of carbonyl (C=O) groups excluding carboxylic acids is 2. The number of hydrogen-bond donors (Lipinski definition) is 1. The fourth-order valence-corrected chi connectivity index (χ4v) is 2.07. The third-order valence-corrected chi connectivity index (χ3v) is 3.65. The van der Waals surface area contributed by atoms with Crippen LogP contribution in [0.3, 0.4) is 0 Å². The second-order valence-electron chi connectivity index (χ2n) is 5.49. The highest BCUT2D eigenvalue weighted by atomic mass is 16.4. The molecule has 0 saturated carbocycles. The average Bonchev–Trinajstić information content (AvgIpc) is 2.51. The number of carbonyl (C=O) groups is 3. The molecule has 0 bridgehead atoms. The molecule has 120 valence electrons. The molecule has 0 heterocycles. The Hall–Kier alpha value is -2.17. The van der Waals surface area contributed by atoms with Crippen LogP contribution in [-0.2, 0) is 16.0 Å². The van der Waals surface area contributed by atoms with E-state index in [-0.39, 0.29) is 31.1 Å². The molecule has 0 radical (unpaired) electrons. The quantitative estimate of drug-likeness (QED) is 0.748. The van der Waals surface area contributed by atoms with Crippen molar-refractivity contribution < 1.29 is 19.5 Å². The fourth-order valence-electron chi connectivity index (χ4n) is 2.07. The summed E-state index contributed by atoms with van der Waals surface area (Å²) in [6.07, 6.45) is 1.15. The molecular formula is C17H23NO4. The lowest BCUT2D eigenvalue weighted by Crippen LogP contribution is -2.33. The Balaban J connectivity index is 2.48. The number of Topliss-reactive ketones (excluding diaryl/α,β-unsaturated/α-hetero) is 1. The first kappa shape index (κ1) is 17.9. The SMILES string of the molecule is CCc1ccc(C(=O)CCC(=O)N(C)CC(C)C(=O)O)cc1. The molecule has 0 spiro atoms. The number of carboxylic acids is 1. The van der Waals surface area contributed by atoms with Crippen LogP contribution in [0.5, 0.6) is 0 Å². The van der Waals surface area contributed by atoms with E-state index in [0.717, 1.165) is 12.0 Å². The number of aryl methyl sites for hydroxylation is 1. The first-order valence-corrected chi connectivity index (χ1v) is 7.44. The molecule has 0 aliphatic carbocycles. The number of ketones is 1. The average molecular weight is 305 g/mol. The summed E-state index contributed by atoms with van der Waals surface area (Å²) < 4.78 is 0. The van der Waals surface area contributed by atoms with E-state index in [1.54, 1.807) is 26.1 Å². The van der Waals surface area contributed by atoms with Crippen LogP contribution in [0.4, 0.5) is 0 Å². The van der Waals surface area contributed by atoms with E-state index in [2.05, 4.69) is 0 Å². The number of aliphatic carboxylic acids is 1. The molecule has 0 fully saturated rings. The molecule has 1 atom stereocenters. The molecule has 1 amide bonds. The Morgan fingerprint density at radius 1 is 1.14 bits per heavy atom. The van der Waals surface area contributed by atoms with Crippen LogP contribution in [0, 0.1) is 5.92 Å². The van der Waals surface area contributed by atoms with Crippen molar-refractivity contribution in [3.63, 3.8) is 0 Å². The van der Waals surface area contributed by atoms with Crippen molar-refractivity contribution >= 4 is 17.7 Å². The molecule has 1 unspecified atom stereocenters. The topological polar surface area (TPSA) is 74.7 Å². The van der Waals surface area contributed by atoms with Crippen LogP contribution >= 0.6 is 0 Å². The van der Waals surface area contributed by atoms with Crippen LogP contribution in [0.2, 0.25) is 0 Å². The molecular weight excluding hydrogens is 282 g/mol. The van der Waals surface area contributed by atoms with Gasteiger partial charge in [-0.25, -0.2) is 0 Å². The zero-order valence-corrected chi connectivity index (χ0v) is 13.3. The molecule has 1 N–H and O–H groups in total. The molecule has 0 aliphatic rings. The maximum absolute atomic E-state index is 12.0. The molecule has 5 nitrogen and oxygen atoms in total. The number of amides is 1. The van der Waals surface area contributed by atoms with Gasteiger partial charge in [0, 0.05) is 32.0 Å². The highest BCUT2D eigenvalue weighted by Gasteiger charge is 2.18. The fraction of sp³-hybridized carbons (Fsp3) is 0.471. The molecule has 0 aromatic heterocycles. The van der Waals surface area contributed by atoms with Crippen LogP contribution in [0.25, 0.3) is 0 Å². The van der Waals surface area contributed by atoms with Gasteiger partial charge in [-0.05, 0) is 12.0 Å². The van der Waals surface area contributed by atoms with Crippen molar-refractivity contribution in [1.82, 2.24) is 4.90 Å². The third kappa shape index (κ3) is 5.31. The molecule has 1 rings (SSSR count). The third-order valence-electron chi connectivity index (χ3n) is 3.65. The summed E-state index contributed by atoms with van der Waals surface area (Å²) in [7, 11) is 1.56.